The maximum Gasteiger partial charge on any atom is 0.244 e. The Morgan fingerprint density at radius 1 is 1.35 bits per heavy atom. The second-order valence-electron chi connectivity index (χ2n) is 6.70. The van der Waals surface area contributed by atoms with Gasteiger partial charge in [-0.1, -0.05) is 20.3 Å². The summed E-state index contributed by atoms with van der Waals surface area (Å²) >= 11 is 0. The molecule has 1 amide bonds. The summed E-state index contributed by atoms with van der Waals surface area (Å²) in [7, 11) is 0. The van der Waals surface area contributed by atoms with Gasteiger partial charge in [-0.25, -0.2) is 0 Å². The molecule has 0 aromatic heterocycles. The van der Waals surface area contributed by atoms with Crippen molar-refractivity contribution in [2.45, 2.75) is 77.5 Å². The lowest BCUT2D eigenvalue weighted by Crippen LogP contribution is -2.48. The summed E-state index contributed by atoms with van der Waals surface area (Å²) in [5.74, 6) is 0.296. The zero-order valence-corrected chi connectivity index (χ0v) is 13.6. The summed E-state index contributed by atoms with van der Waals surface area (Å²) in [5.41, 5.74) is -0.362. The van der Waals surface area contributed by atoms with Gasteiger partial charge in [-0.2, -0.15) is 0 Å². The van der Waals surface area contributed by atoms with Gasteiger partial charge in [0.15, 0.2) is 0 Å². The molecule has 3 unspecified atom stereocenters. The van der Waals surface area contributed by atoms with Crippen LogP contribution < -0.4 is 5.32 Å². The van der Waals surface area contributed by atoms with Crippen LogP contribution in [0.15, 0.2) is 0 Å². The molecular weight excluding hydrogens is 250 g/mol. The fourth-order valence-electron chi connectivity index (χ4n) is 3.60. The van der Waals surface area contributed by atoms with Gasteiger partial charge >= 0.3 is 0 Å². The molecule has 1 N–H and O–H groups in total. The molecule has 0 spiro atoms. The van der Waals surface area contributed by atoms with Crippen molar-refractivity contribution < 1.29 is 4.79 Å². The Kier molecular flexibility index (Phi) is 5.08. The van der Waals surface area contributed by atoms with Crippen LogP contribution in [0.25, 0.3) is 0 Å². The van der Waals surface area contributed by atoms with E-state index in [0.717, 1.165) is 25.8 Å². The number of hydrogen-bond acceptors (Lipinski definition) is 3. The third-order valence-corrected chi connectivity index (χ3v) is 4.99. The van der Waals surface area contributed by atoms with E-state index in [-0.39, 0.29) is 11.7 Å². The van der Waals surface area contributed by atoms with E-state index in [4.69, 9.17) is 0 Å². The molecular formula is C16H31N3O. The lowest BCUT2D eigenvalue weighted by Gasteiger charge is -2.33. The van der Waals surface area contributed by atoms with E-state index in [1.165, 1.54) is 25.9 Å². The third kappa shape index (κ3) is 3.01. The second-order valence-corrected chi connectivity index (χ2v) is 6.70. The molecule has 2 aliphatic rings. The predicted octanol–water partition coefficient (Wildman–Crippen LogP) is 2.20. The number of carbonyl (C=O) groups is 1. The Labute approximate surface area is 123 Å². The van der Waals surface area contributed by atoms with E-state index in [2.05, 4.69) is 42.8 Å². The van der Waals surface area contributed by atoms with Crippen LogP contribution in [0.5, 0.6) is 0 Å². The van der Waals surface area contributed by atoms with Crippen molar-refractivity contribution in [2.24, 2.45) is 0 Å². The molecule has 2 saturated heterocycles. The molecule has 2 fully saturated rings. The van der Waals surface area contributed by atoms with Gasteiger partial charge in [0.2, 0.25) is 5.91 Å². The number of likely N-dealkylation sites (tertiary alicyclic amines) is 1. The number of rotatable bonds is 6. The molecule has 3 atom stereocenters. The van der Waals surface area contributed by atoms with Crippen LogP contribution in [-0.2, 0) is 4.79 Å². The molecule has 0 aromatic rings. The minimum absolute atomic E-state index is 0.218. The monoisotopic (exact) mass is 281 g/mol. The van der Waals surface area contributed by atoms with Crippen LogP contribution in [0.2, 0.25) is 0 Å². The molecule has 4 heteroatoms. The smallest absolute Gasteiger partial charge is 0.244 e. The largest absolute Gasteiger partial charge is 0.322 e. The third-order valence-electron chi connectivity index (χ3n) is 4.99. The average Bonchev–Trinajstić information content (AvgIpc) is 2.99. The molecule has 0 saturated carbocycles. The first-order chi connectivity index (χ1) is 9.51. The number of nitrogens with one attached hydrogen (secondary N) is 1. The van der Waals surface area contributed by atoms with Crippen molar-refractivity contribution in [3.63, 3.8) is 0 Å². The lowest BCUT2D eigenvalue weighted by molar-refractivity contribution is -0.135. The van der Waals surface area contributed by atoms with Gasteiger partial charge in [-0.15, -0.1) is 0 Å². The van der Waals surface area contributed by atoms with Crippen molar-refractivity contribution in [1.82, 2.24) is 15.1 Å². The van der Waals surface area contributed by atoms with Crippen molar-refractivity contribution >= 4 is 5.91 Å². The zero-order chi connectivity index (χ0) is 14.8. The molecule has 2 aliphatic heterocycles. The fourth-order valence-corrected chi connectivity index (χ4v) is 3.60. The highest BCUT2D eigenvalue weighted by molar-refractivity contribution is 5.88. The lowest BCUT2D eigenvalue weighted by atomic mass is 9.99. The Balaban J connectivity index is 2.06. The van der Waals surface area contributed by atoms with E-state index in [1.807, 2.05) is 0 Å². The highest BCUT2D eigenvalue weighted by atomic mass is 16.2. The standard InChI is InChI=1S/C16H31N3O/c1-5-9-14-17-16(4,6-2)15(20)19(14)13(3)12-18-10-7-8-11-18/h13-14,17H,5-12H2,1-4H3. The zero-order valence-electron chi connectivity index (χ0n) is 13.6. The van der Waals surface area contributed by atoms with Crippen LogP contribution in [0.4, 0.5) is 0 Å². The quantitative estimate of drug-likeness (QED) is 0.811. The summed E-state index contributed by atoms with van der Waals surface area (Å²) in [6.45, 7) is 12.0. The van der Waals surface area contributed by atoms with Crippen molar-refractivity contribution in [3.05, 3.63) is 0 Å². The number of nitrogens with zero attached hydrogens (tertiary/aromatic N) is 2. The van der Waals surface area contributed by atoms with Crippen LogP contribution in [0.3, 0.4) is 0 Å². The van der Waals surface area contributed by atoms with Gasteiger partial charge in [0.25, 0.3) is 0 Å². The second kappa shape index (κ2) is 6.44. The first-order valence-electron chi connectivity index (χ1n) is 8.34. The molecule has 116 valence electrons. The van der Waals surface area contributed by atoms with Crippen molar-refractivity contribution in [1.29, 1.82) is 0 Å². The van der Waals surface area contributed by atoms with E-state index in [1.54, 1.807) is 0 Å². The Morgan fingerprint density at radius 3 is 2.55 bits per heavy atom. The maximum absolute atomic E-state index is 12.8. The fraction of sp³-hybridized carbons (Fsp3) is 0.938. The summed E-state index contributed by atoms with van der Waals surface area (Å²) < 4.78 is 0. The number of carbonyl (C=O) groups excluding carboxylic acids is 1. The number of hydrogen-bond donors (Lipinski definition) is 1. The van der Waals surface area contributed by atoms with Crippen LogP contribution in [-0.4, -0.2) is 53.1 Å². The normalized spacial score (nSPS) is 33.1. The topological polar surface area (TPSA) is 35.6 Å². The molecule has 0 bridgehead atoms. The Hall–Kier alpha value is -0.610. The summed E-state index contributed by atoms with van der Waals surface area (Å²) in [6.07, 6.45) is 5.85. The van der Waals surface area contributed by atoms with Gasteiger partial charge in [-0.05, 0) is 52.6 Å². The molecule has 2 heterocycles. The van der Waals surface area contributed by atoms with Crippen LogP contribution >= 0.6 is 0 Å². The summed E-state index contributed by atoms with van der Waals surface area (Å²) in [5, 5.41) is 3.58. The van der Waals surface area contributed by atoms with Crippen LogP contribution in [0, 0.1) is 0 Å². The summed E-state index contributed by atoms with van der Waals surface area (Å²) in [6, 6.07) is 0.304. The van der Waals surface area contributed by atoms with Gasteiger partial charge in [0.05, 0.1) is 11.7 Å². The SMILES string of the molecule is CCCC1NC(C)(CC)C(=O)N1C(C)CN1CCCC1. The van der Waals surface area contributed by atoms with E-state index in [9.17, 15) is 4.79 Å². The first-order valence-corrected chi connectivity index (χ1v) is 8.34. The predicted molar refractivity (Wildman–Crippen MR) is 82.5 cm³/mol. The summed E-state index contributed by atoms with van der Waals surface area (Å²) in [4.78, 5) is 17.4. The Bertz CT molecular complexity index is 341. The molecule has 4 nitrogen and oxygen atoms in total. The highest BCUT2D eigenvalue weighted by Crippen LogP contribution is 2.28. The van der Waals surface area contributed by atoms with E-state index < -0.39 is 0 Å². The van der Waals surface area contributed by atoms with E-state index in [0.29, 0.717) is 11.9 Å². The van der Waals surface area contributed by atoms with E-state index >= 15 is 0 Å². The minimum atomic E-state index is -0.362. The first kappa shape index (κ1) is 15.8. The van der Waals surface area contributed by atoms with Crippen molar-refractivity contribution in [2.75, 3.05) is 19.6 Å². The molecule has 0 aliphatic carbocycles. The van der Waals surface area contributed by atoms with Gasteiger partial charge in [0.1, 0.15) is 0 Å². The van der Waals surface area contributed by atoms with Gasteiger partial charge in [-0.3, -0.25) is 10.1 Å². The van der Waals surface area contributed by atoms with Gasteiger partial charge in [0, 0.05) is 12.6 Å². The van der Waals surface area contributed by atoms with Gasteiger partial charge < -0.3 is 9.80 Å². The molecule has 20 heavy (non-hydrogen) atoms. The minimum Gasteiger partial charge on any atom is -0.322 e. The number of amides is 1. The van der Waals surface area contributed by atoms with Crippen molar-refractivity contribution in [3.8, 4) is 0 Å². The van der Waals surface area contributed by atoms with Crippen LogP contribution in [0.1, 0.15) is 59.8 Å². The average molecular weight is 281 g/mol. The Morgan fingerprint density at radius 2 is 2.00 bits per heavy atom. The maximum atomic E-state index is 12.8. The molecule has 0 radical (unpaired) electrons. The molecule has 2 rings (SSSR count). The highest BCUT2D eigenvalue weighted by Gasteiger charge is 2.47. The molecule has 0 aromatic carbocycles.